The molecule has 0 aliphatic carbocycles. The van der Waals surface area contributed by atoms with Crippen LogP contribution in [0.4, 0.5) is 4.79 Å². The Morgan fingerprint density at radius 1 is 1.25 bits per heavy atom. The number of hydrogen-bond donors (Lipinski definition) is 9. The number of para-hydroxylation sites is 1. The van der Waals surface area contributed by atoms with Gasteiger partial charge >= 0.3 is 6.03 Å². The first-order valence-corrected chi connectivity index (χ1v) is 12.9. The molecule has 6 rings (SSSR count). The van der Waals surface area contributed by atoms with Crippen molar-refractivity contribution >= 4 is 23.9 Å². The highest BCUT2D eigenvalue weighted by Crippen LogP contribution is 2.44. The molecule has 4 aliphatic heterocycles. The standard InChI is InChI=1S/C24H31N11O5/c1-22(2)6-9-40-16-12(4-3-5-13(16)22)18(36)30-15-11-34-20(26)29-14(10-27-21(37)35-8-7-28-33-35)17-23(34,24(15,38)39)32-19(25)31-17/h3-5,7-8,14-15,17,38-39H,6,9-11H2,1-2H3,(H2,26,29)(H,27,37)(H,30,36)(H3,25,31,32)/t14-,15-,17-,23-/m0/s1. The van der Waals surface area contributed by atoms with Crippen LogP contribution in [0.15, 0.2) is 30.6 Å². The predicted molar refractivity (Wildman–Crippen MR) is 139 cm³/mol. The number of fused-ring (bicyclic) bond motifs is 1. The summed E-state index contributed by atoms with van der Waals surface area (Å²) in [5.74, 6) is -3.12. The molecule has 40 heavy (non-hydrogen) atoms. The average Bonchev–Trinajstić information content (AvgIpc) is 3.61. The number of hydrogen-bond acceptors (Lipinski definition) is 9. The van der Waals surface area contributed by atoms with Crippen molar-refractivity contribution in [3.8, 4) is 5.75 Å². The van der Waals surface area contributed by atoms with Crippen molar-refractivity contribution in [1.82, 2.24) is 46.5 Å². The summed E-state index contributed by atoms with van der Waals surface area (Å²) >= 11 is 0. The van der Waals surface area contributed by atoms with Crippen LogP contribution in [-0.4, -0.2) is 103 Å². The Balaban J connectivity index is 1.27. The largest absolute Gasteiger partial charge is 0.492 e. The summed E-state index contributed by atoms with van der Waals surface area (Å²) in [5, 5.41) is 61.5. The second-order valence-electron chi connectivity index (χ2n) is 11.0. The van der Waals surface area contributed by atoms with Crippen molar-refractivity contribution in [3.05, 3.63) is 41.7 Å². The molecule has 1 spiro atoms. The maximum absolute atomic E-state index is 13.5. The fourth-order valence-corrected chi connectivity index (χ4v) is 6.13. The normalized spacial score (nSPS) is 29.1. The summed E-state index contributed by atoms with van der Waals surface area (Å²) in [5.41, 5.74) is -0.834. The Morgan fingerprint density at radius 3 is 2.80 bits per heavy atom. The summed E-state index contributed by atoms with van der Waals surface area (Å²) in [7, 11) is 0. The molecule has 0 unspecified atom stereocenters. The van der Waals surface area contributed by atoms with Crippen molar-refractivity contribution in [2.45, 2.75) is 55.3 Å². The van der Waals surface area contributed by atoms with Crippen molar-refractivity contribution in [1.29, 1.82) is 10.8 Å². The van der Waals surface area contributed by atoms with E-state index in [2.05, 4.69) is 50.7 Å². The van der Waals surface area contributed by atoms with Crippen LogP contribution in [0.2, 0.25) is 0 Å². The van der Waals surface area contributed by atoms with Gasteiger partial charge in [0.25, 0.3) is 5.91 Å². The Labute approximate surface area is 228 Å². The van der Waals surface area contributed by atoms with Gasteiger partial charge in [0.2, 0.25) is 5.79 Å². The van der Waals surface area contributed by atoms with Gasteiger partial charge in [-0.1, -0.05) is 31.2 Å². The van der Waals surface area contributed by atoms with E-state index in [0.29, 0.717) is 12.4 Å². The molecule has 3 fully saturated rings. The molecule has 5 heterocycles. The molecule has 9 N–H and O–H groups in total. The van der Waals surface area contributed by atoms with E-state index >= 15 is 0 Å². The van der Waals surface area contributed by atoms with Crippen molar-refractivity contribution in [2.24, 2.45) is 0 Å². The maximum atomic E-state index is 13.5. The smallest absolute Gasteiger partial charge is 0.343 e. The van der Waals surface area contributed by atoms with E-state index in [0.717, 1.165) is 16.7 Å². The molecule has 212 valence electrons. The fourth-order valence-electron chi connectivity index (χ4n) is 6.13. The highest BCUT2D eigenvalue weighted by atomic mass is 16.5. The van der Waals surface area contributed by atoms with Crippen molar-refractivity contribution in [2.75, 3.05) is 19.7 Å². The van der Waals surface area contributed by atoms with Gasteiger partial charge in [-0.05, 0) is 17.9 Å². The van der Waals surface area contributed by atoms with Crippen LogP contribution in [0.1, 0.15) is 36.2 Å². The van der Waals surface area contributed by atoms with Crippen LogP contribution in [-0.2, 0) is 5.41 Å². The Morgan fingerprint density at radius 2 is 2.05 bits per heavy atom. The lowest BCUT2D eigenvalue weighted by Crippen LogP contribution is -2.81. The summed E-state index contributed by atoms with van der Waals surface area (Å²) in [6.07, 6.45) is 3.51. The van der Waals surface area contributed by atoms with Crippen LogP contribution in [0.25, 0.3) is 0 Å². The van der Waals surface area contributed by atoms with Crippen molar-refractivity contribution in [3.63, 3.8) is 0 Å². The molecule has 0 bridgehead atoms. The van der Waals surface area contributed by atoms with Crippen LogP contribution >= 0.6 is 0 Å². The van der Waals surface area contributed by atoms with Gasteiger partial charge in [0, 0.05) is 18.7 Å². The van der Waals surface area contributed by atoms with E-state index in [-0.39, 0.29) is 36.0 Å². The number of ether oxygens (including phenoxy) is 1. The highest BCUT2D eigenvalue weighted by Gasteiger charge is 2.74. The molecule has 0 saturated carbocycles. The number of nitrogens with one attached hydrogen (secondary N) is 7. The lowest BCUT2D eigenvalue weighted by molar-refractivity contribution is -0.232. The minimum absolute atomic E-state index is 0.0559. The zero-order chi connectivity index (χ0) is 28.4. The van der Waals surface area contributed by atoms with Crippen LogP contribution < -0.4 is 31.3 Å². The lowest BCUT2D eigenvalue weighted by Gasteiger charge is -2.51. The molecule has 0 radical (unpaired) electrons. The second kappa shape index (κ2) is 8.79. The van der Waals surface area contributed by atoms with Gasteiger partial charge in [-0.25, -0.2) is 4.79 Å². The number of guanidine groups is 2. The molecule has 4 atom stereocenters. The van der Waals surface area contributed by atoms with Gasteiger partial charge in [0.1, 0.15) is 11.8 Å². The molecule has 1 aromatic carbocycles. The summed E-state index contributed by atoms with van der Waals surface area (Å²) in [4.78, 5) is 27.3. The molecule has 16 heteroatoms. The number of carbonyl (C=O) groups excluding carboxylic acids is 2. The summed E-state index contributed by atoms with van der Waals surface area (Å²) in [6.45, 7) is 4.40. The molecule has 2 amide bonds. The van der Waals surface area contributed by atoms with E-state index in [1.165, 1.54) is 17.3 Å². The zero-order valence-electron chi connectivity index (χ0n) is 21.9. The Bertz CT molecular complexity index is 1390. The van der Waals surface area contributed by atoms with Crippen LogP contribution in [0.5, 0.6) is 5.75 Å². The number of nitrogens with zero attached hydrogens (tertiary/aromatic N) is 4. The quantitative estimate of drug-likeness (QED) is 0.184. The summed E-state index contributed by atoms with van der Waals surface area (Å²) in [6, 6.07) is 1.81. The third kappa shape index (κ3) is 3.66. The van der Waals surface area contributed by atoms with Gasteiger partial charge in [-0.3, -0.25) is 15.6 Å². The predicted octanol–water partition coefficient (Wildman–Crippen LogP) is -2.21. The van der Waals surface area contributed by atoms with E-state index in [1.807, 2.05) is 6.07 Å². The topological polar surface area (TPSA) is 226 Å². The minimum atomic E-state index is -2.65. The second-order valence-corrected chi connectivity index (χ2v) is 11.0. The lowest BCUT2D eigenvalue weighted by atomic mass is 9.79. The number of benzene rings is 1. The van der Waals surface area contributed by atoms with E-state index in [1.54, 1.807) is 12.1 Å². The molecular formula is C24H31N11O5. The molecule has 3 saturated heterocycles. The maximum Gasteiger partial charge on any atom is 0.343 e. The third-order valence-corrected chi connectivity index (χ3v) is 8.27. The van der Waals surface area contributed by atoms with E-state index in [9.17, 15) is 19.8 Å². The molecule has 16 nitrogen and oxygen atoms in total. The highest BCUT2D eigenvalue weighted by molar-refractivity contribution is 5.98. The van der Waals surface area contributed by atoms with Gasteiger partial charge in [-0.15, -0.1) is 5.10 Å². The summed E-state index contributed by atoms with van der Waals surface area (Å²) < 4.78 is 6.87. The Kier molecular flexibility index (Phi) is 5.67. The average molecular weight is 554 g/mol. The van der Waals surface area contributed by atoms with E-state index in [4.69, 9.17) is 15.6 Å². The number of rotatable bonds is 4. The first kappa shape index (κ1) is 25.8. The first-order valence-electron chi connectivity index (χ1n) is 12.9. The fraction of sp³-hybridized carbons (Fsp3) is 0.500. The number of aliphatic hydroxyl groups is 2. The zero-order valence-corrected chi connectivity index (χ0v) is 21.9. The molecule has 4 aliphatic rings. The molecular weight excluding hydrogens is 522 g/mol. The van der Waals surface area contributed by atoms with Crippen LogP contribution in [0, 0.1) is 10.8 Å². The SMILES string of the molecule is CC1(C)CCOc2c(C(=O)N[C@H]3CN4C(=N)N[C@@H](CNC(=O)n5ccnn5)[C@@H]5NC(=N)N[C@@]54C3(O)O)cccc21. The number of carbonyl (C=O) groups is 2. The Hall–Kier alpha value is -4.44. The third-order valence-electron chi connectivity index (χ3n) is 8.27. The van der Waals surface area contributed by atoms with Gasteiger partial charge in [0.15, 0.2) is 17.6 Å². The van der Waals surface area contributed by atoms with Gasteiger partial charge < -0.3 is 46.4 Å². The van der Waals surface area contributed by atoms with Crippen LogP contribution in [0.3, 0.4) is 0 Å². The monoisotopic (exact) mass is 553 g/mol. The number of aromatic nitrogens is 3. The van der Waals surface area contributed by atoms with Gasteiger partial charge in [-0.2, -0.15) is 4.68 Å². The number of amides is 2. The van der Waals surface area contributed by atoms with Gasteiger partial charge in [0.05, 0.1) is 36.6 Å². The first-order chi connectivity index (χ1) is 19.0. The molecule has 1 aromatic heterocycles. The minimum Gasteiger partial charge on any atom is -0.492 e. The molecule has 2 aromatic rings. The van der Waals surface area contributed by atoms with E-state index < -0.39 is 41.5 Å². The van der Waals surface area contributed by atoms with Crippen molar-refractivity contribution < 1.29 is 24.5 Å².